The van der Waals surface area contributed by atoms with Gasteiger partial charge in [-0.15, -0.1) is 0 Å². The molecule has 1 fully saturated rings. The van der Waals surface area contributed by atoms with Crippen molar-refractivity contribution in [2.75, 3.05) is 26.7 Å². The molecule has 0 radical (unpaired) electrons. The zero-order chi connectivity index (χ0) is 15.1. The molecule has 0 spiro atoms. The van der Waals surface area contributed by atoms with E-state index in [4.69, 9.17) is 0 Å². The molecule has 1 N–H and O–H groups in total. The van der Waals surface area contributed by atoms with Gasteiger partial charge >= 0.3 is 0 Å². The third-order valence-corrected chi connectivity index (χ3v) is 4.73. The highest BCUT2D eigenvalue weighted by Gasteiger charge is 2.34. The third kappa shape index (κ3) is 5.12. The number of hydrogen-bond acceptors (Lipinski definition) is 2. The highest BCUT2D eigenvalue weighted by Crippen LogP contribution is 2.38. The minimum Gasteiger partial charge on any atom is -0.316 e. The Morgan fingerprint density at radius 2 is 2.00 bits per heavy atom. The molecule has 0 bridgehead atoms. The van der Waals surface area contributed by atoms with Gasteiger partial charge in [0.15, 0.2) is 0 Å². The summed E-state index contributed by atoms with van der Waals surface area (Å²) in [6.45, 7) is 9.06. The van der Waals surface area contributed by atoms with E-state index in [2.05, 4.69) is 55.4 Å². The Kier molecular flexibility index (Phi) is 6.25. The monoisotopic (exact) mass is 288 g/mol. The summed E-state index contributed by atoms with van der Waals surface area (Å²) in [5, 5.41) is 3.67. The Hall–Kier alpha value is -0.860. The summed E-state index contributed by atoms with van der Waals surface area (Å²) in [7, 11) is 2.28. The van der Waals surface area contributed by atoms with E-state index in [0.29, 0.717) is 5.41 Å². The van der Waals surface area contributed by atoms with Crippen molar-refractivity contribution in [2.24, 2.45) is 5.41 Å². The molecule has 0 unspecified atom stereocenters. The van der Waals surface area contributed by atoms with E-state index < -0.39 is 0 Å². The summed E-state index contributed by atoms with van der Waals surface area (Å²) in [6, 6.07) is 8.91. The lowest BCUT2D eigenvalue weighted by Crippen LogP contribution is -2.41. The van der Waals surface area contributed by atoms with Gasteiger partial charge in [-0.3, -0.25) is 0 Å². The van der Waals surface area contributed by atoms with Crippen LogP contribution in [0.5, 0.6) is 0 Å². The first kappa shape index (κ1) is 16.5. The predicted octanol–water partition coefficient (Wildman–Crippen LogP) is 3.99. The van der Waals surface area contributed by atoms with E-state index in [1.807, 2.05) is 0 Å². The van der Waals surface area contributed by atoms with Gasteiger partial charge in [-0.05, 0) is 50.8 Å². The first-order valence-electron chi connectivity index (χ1n) is 8.58. The number of nitrogens with zero attached hydrogens (tertiary/aromatic N) is 1. The Morgan fingerprint density at radius 1 is 1.24 bits per heavy atom. The van der Waals surface area contributed by atoms with Crippen LogP contribution >= 0.6 is 0 Å². The minimum atomic E-state index is 0.508. The van der Waals surface area contributed by atoms with Crippen molar-refractivity contribution in [2.45, 2.75) is 52.5 Å². The standard InChI is InChI=1S/C19H32N2/c1-4-12-20-15-19(10-5-6-11-19)16-21(3)14-18-9-7-8-17(2)13-18/h7-9,13,20H,4-6,10-12,14-16H2,1-3H3. The van der Waals surface area contributed by atoms with Gasteiger partial charge < -0.3 is 10.2 Å². The molecule has 21 heavy (non-hydrogen) atoms. The minimum absolute atomic E-state index is 0.508. The maximum atomic E-state index is 3.67. The molecule has 1 saturated carbocycles. The summed E-state index contributed by atoms with van der Waals surface area (Å²) in [5.74, 6) is 0. The quantitative estimate of drug-likeness (QED) is 0.728. The largest absolute Gasteiger partial charge is 0.316 e. The lowest BCUT2D eigenvalue weighted by molar-refractivity contribution is 0.168. The first-order chi connectivity index (χ1) is 10.1. The first-order valence-corrected chi connectivity index (χ1v) is 8.58. The van der Waals surface area contributed by atoms with Crippen molar-refractivity contribution >= 4 is 0 Å². The van der Waals surface area contributed by atoms with Gasteiger partial charge in [0.05, 0.1) is 0 Å². The molecular formula is C19H32N2. The Labute approximate surface area is 130 Å². The van der Waals surface area contributed by atoms with Crippen LogP contribution in [0.4, 0.5) is 0 Å². The average Bonchev–Trinajstić information content (AvgIpc) is 2.87. The molecule has 1 aliphatic rings. The maximum absolute atomic E-state index is 3.67. The van der Waals surface area contributed by atoms with Gasteiger partial charge in [-0.2, -0.15) is 0 Å². The van der Waals surface area contributed by atoms with Crippen molar-refractivity contribution in [1.29, 1.82) is 0 Å². The molecule has 118 valence electrons. The normalized spacial score (nSPS) is 17.5. The highest BCUT2D eigenvalue weighted by molar-refractivity contribution is 5.22. The fourth-order valence-electron chi connectivity index (χ4n) is 3.80. The second kappa shape index (κ2) is 7.95. The van der Waals surface area contributed by atoms with Gasteiger partial charge in [0.2, 0.25) is 0 Å². The second-order valence-electron chi connectivity index (χ2n) is 7.05. The van der Waals surface area contributed by atoms with Crippen molar-refractivity contribution in [3.63, 3.8) is 0 Å². The summed E-state index contributed by atoms with van der Waals surface area (Å²) < 4.78 is 0. The van der Waals surface area contributed by atoms with Crippen LogP contribution in [0.25, 0.3) is 0 Å². The van der Waals surface area contributed by atoms with Gasteiger partial charge in [0, 0.05) is 19.6 Å². The van der Waals surface area contributed by atoms with Crippen LogP contribution in [-0.2, 0) is 6.54 Å². The Balaban J connectivity index is 1.90. The number of benzene rings is 1. The van der Waals surface area contributed by atoms with Crippen LogP contribution in [0.15, 0.2) is 24.3 Å². The van der Waals surface area contributed by atoms with E-state index >= 15 is 0 Å². The lowest BCUT2D eigenvalue weighted by Gasteiger charge is -2.34. The van der Waals surface area contributed by atoms with E-state index in [-0.39, 0.29) is 0 Å². The fourth-order valence-corrected chi connectivity index (χ4v) is 3.80. The molecule has 2 rings (SSSR count). The molecule has 0 atom stereocenters. The third-order valence-electron chi connectivity index (χ3n) is 4.73. The molecule has 1 aliphatic carbocycles. The molecule has 0 amide bonds. The summed E-state index contributed by atoms with van der Waals surface area (Å²) in [5.41, 5.74) is 3.31. The van der Waals surface area contributed by atoms with Crippen molar-refractivity contribution < 1.29 is 0 Å². The average molecular weight is 288 g/mol. The maximum Gasteiger partial charge on any atom is 0.0231 e. The topological polar surface area (TPSA) is 15.3 Å². The molecular weight excluding hydrogens is 256 g/mol. The van der Waals surface area contributed by atoms with Gasteiger partial charge in [0.25, 0.3) is 0 Å². The van der Waals surface area contributed by atoms with Crippen molar-refractivity contribution in [1.82, 2.24) is 10.2 Å². The van der Waals surface area contributed by atoms with Crippen molar-refractivity contribution in [3.05, 3.63) is 35.4 Å². The van der Waals surface area contributed by atoms with Crippen LogP contribution in [0.1, 0.15) is 50.2 Å². The van der Waals surface area contributed by atoms with Crippen LogP contribution in [0, 0.1) is 12.3 Å². The molecule has 0 heterocycles. The lowest BCUT2D eigenvalue weighted by atomic mass is 9.85. The van der Waals surface area contributed by atoms with Gasteiger partial charge in [-0.25, -0.2) is 0 Å². The SMILES string of the molecule is CCCNCC1(CN(C)Cc2cccc(C)c2)CCCC1. The highest BCUT2D eigenvalue weighted by atomic mass is 15.1. The van der Waals surface area contributed by atoms with Gasteiger partial charge in [-0.1, -0.05) is 49.6 Å². The van der Waals surface area contributed by atoms with E-state index in [1.54, 1.807) is 0 Å². The molecule has 1 aromatic rings. The summed E-state index contributed by atoms with van der Waals surface area (Å²) in [4.78, 5) is 2.52. The number of hydrogen-bond donors (Lipinski definition) is 1. The number of aryl methyl sites for hydroxylation is 1. The van der Waals surface area contributed by atoms with Crippen LogP contribution in [0.3, 0.4) is 0 Å². The zero-order valence-corrected chi connectivity index (χ0v) is 14.1. The summed E-state index contributed by atoms with van der Waals surface area (Å²) in [6.07, 6.45) is 6.83. The molecule has 0 aromatic heterocycles. The fraction of sp³-hybridized carbons (Fsp3) is 0.684. The zero-order valence-electron chi connectivity index (χ0n) is 14.1. The van der Waals surface area contributed by atoms with Crippen LogP contribution in [0.2, 0.25) is 0 Å². The molecule has 1 aromatic carbocycles. The van der Waals surface area contributed by atoms with Crippen molar-refractivity contribution in [3.8, 4) is 0 Å². The smallest absolute Gasteiger partial charge is 0.0231 e. The van der Waals surface area contributed by atoms with Crippen LogP contribution in [-0.4, -0.2) is 31.6 Å². The predicted molar refractivity (Wildman–Crippen MR) is 91.6 cm³/mol. The van der Waals surface area contributed by atoms with Gasteiger partial charge in [0.1, 0.15) is 0 Å². The summed E-state index contributed by atoms with van der Waals surface area (Å²) >= 11 is 0. The number of rotatable bonds is 8. The molecule has 0 saturated heterocycles. The van der Waals surface area contributed by atoms with Crippen LogP contribution < -0.4 is 5.32 Å². The Bertz CT molecular complexity index is 421. The van der Waals surface area contributed by atoms with E-state index in [0.717, 1.165) is 13.1 Å². The second-order valence-corrected chi connectivity index (χ2v) is 7.05. The molecule has 2 nitrogen and oxygen atoms in total. The Morgan fingerprint density at radius 3 is 2.67 bits per heavy atom. The van der Waals surface area contributed by atoms with E-state index in [1.165, 1.54) is 56.3 Å². The number of nitrogens with one attached hydrogen (secondary N) is 1. The molecule has 0 aliphatic heterocycles. The van der Waals surface area contributed by atoms with E-state index in [9.17, 15) is 0 Å². The molecule has 2 heteroatoms.